The van der Waals surface area contributed by atoms with E-state index in [9.17, 15) is 22.8 Å². The first-order valence-corrected chi connectivity index (χ1v) is 9.10. The van der Waals surface area contributed by atoms with E-state index in [1.165, 1.54) is 0 Å². The van der Waals surface area contributed by atoms with Gasteiger partial charge in [0, 0.05) is 23.7 Å². The number of hydrogen-bond acceptors (Lipinski definition) is 2. The molecule has 1 fully saturated rings. The van der Waals surface area contributed by atoms with Gasteiger partial charge in [0.1, 0.15) is 0 Å². The first-order chi connectivity index (χ1) is 13.2. The lowest BCUT2D eigenvalue weighted by Gasteiger charge is -2.16. The minimum Gasteiger partial charge on any atom is -0.354 e. The summed E-state index contributed by atoms with van der Waals surface area (Å²) in [4.78, 5) is 24.5. The van der Waals surface area contributed by atoms with Crippen molar-refractivity contribution in [1.29, 1.82) is 0 Å². The highest BCUT2D eigenvalue weighted by Gasteiger charge is 2.50. The molecule has 2 aromatic rings. The number of nitrogens with one attached hydrogen (secondary N) is 2. The fourth-order valence-electron chi connectivity index (χ4n) is 2.97. The average Bonchev–Trinajstić information content (AvgIpc) is 3.47. The van der Waals surface area contributed by atoms with Crippen molar-refractivity contribution in [3.8, 4) is 0 Å². The van der Waals surface area contributed by atoms with Crippen LogP contribution in [0.3, 0.4) is 0 Å². The summed E-state index contributed by atoms with van der Waals surface area (Å²) in [5, 5.41) is 5.98. The SMILES string of the molecule is O=C(NCCNC(=O)C1(c2ccc(Cl)cc2)CC1)c1ccc(C(F)(F)F)cc1. The first-order valence-electron chi connectivity index (χ1n) is 8.72. The van der Waals surface area contributed by atoms with Crippen molar-refractivity contribution in [3.05, 3.63) is 70.2 Å². The van der Waals surface area contributed by atoms with Crippen LogP contribution in [0.5, 0.6) is 0 Å². The van der Waals surface area contributed by atoms with Crippen LogP contribution in [-0.2, 0) is 16.4 Å². The third kappa shape index (κ3) is 4.47. The molecule has 8 heteroatoms. The Balaban J connectivity index is 1.47. The van der Waals surface area contributed by atoms with Crippen molar-refractivity contribution in [3.63, 3.8) is 0 Å². The molecule has 1 aliphatic rings. The van der Waals surface area contributed by atoms with Crippen LogP contribution >= 0.6 is 11.6 Å². The van der Waals surface area contributed by atoms with Crippen molar-refractivity contribution in [2.24, 2.45) is 0 Å². The van der Waals surface area contributed by atoms with E-state index in [0.717, 1.165) is 42.7 Å². The van der Waals surface area contributed by atoms with Crippen LogP contribution in [0.25, 0.3) is 0 Å². The summed E-state index contributed by atoms with van der Waals surface area (Å²) in [6.07, 6.45) is -2.95. The Morgan fingerprint density at radius 3 is 2.04 bits per heavy atom. The molecule has 0 atom stereocenters. The van der Waals surface area contributed by atoms with E-state index in [2.05, 4.69) is 10.6 Å². The number of benzene rings is 2. The van der Waals surface area contributed by atoms with Crippen LogP contribution in [0.15, 0.2) is 48.5 Å². The molecule has 0 unspecified atom stereocenters. The normalized spacial score (nSPS) is 15.0. The first kappa shape index (κ1) is 20.2. The Morgan fingerprint density at radius 1 is 0.929 bits per heavy atom. The predicted octanol–water partition coefficient (Wildman–Crippen LogP) is 3.94. The highest BCUT2D eigenvalue weighted by molar-refractivity contribution is 6.30. The molecule has 0 bridgehead atoms. The maximum atomic E-state index is 12.5. The maximum absolute atomic E-state index is 12.5. The zero-order chi connectivity index (χ0) is 20.4. The summed E-state index contributed by atoms with van der Waals surface area (Å²) in [7, 11) is 0. The van der Waals surface area contributed by atoms with E-state index < -0.39 is 23.1 Å². The average molecular weight is 411 g/mol. The van der Waals surface area contributed by atoms with Gasteiger partial charge in [0.15, 0.2) is 0 Å². The topological polar surface area (TPSA) is 58.2 Å². The standard InChI is InChI=1S/C20H18ClF3N2O2/c21-16-7-5-14(6-8-16)19(9-10-19)18(28)26-12-11-25-17(27)13-1-3-15(4-2-13)20(22,23)24/h1-8H,9-12H2,(H,25,27)(H,26,28). The molecule has 2 N–H and O–H groups in total. The van der Waals surface area contributed by atoms with E-state index in [4.69, 9.17) is 11.6 Å². The van der Waals surface area contributed by atoms with Crippen LogP contribution < -0.4 is 10.6 Å². The number of halogens is 4. The molecule has 0 aromatic heterocycles. The van der Waals surface area contributed by atoms with E-state index in [0.29, 0.717) is 5.02 Å². The summed E-state index contributed by atoms with van der Waals surface area (Å²) < 4.78 is 37.6. The maximum Gasteiger partial charge on any atom is 0.416 e. The fraction of sp³-hybridized carbons (Fsp3) is 0.300. The van der Waals surface area contributed by atoms with E-state index >= 15 is 0 Å². The van der Waals surface area contributed by atoms with Crippen molar-refractivity contribution in [2.75, 3.05) is 13.1 Å². The summed E-state index contributed by atoms with van der Waals surface area (Å²) in [5.74, 6) is -0.611. The van der Waals surface area contributed by atoms with Gasteiger partial charge in [-0.25, -0.2) is 0 Å². The van der Waals surface area contributed by atoms with E-state index in [-0.39, 0.29) is 24.6 Å². The van der Waals surface area contributed by atoms with Crippen LogP contribution in [-0.4, -0.2) is 24.9 Å². The zero-order valence-electron chi connectivity index (χ0n) is 14.8. The van der Waals surface area contributed by atoms with Crippen LogP contribution in [0.4, 0.5) is 13.2 Å². The third-order valence-corrected chi connectivity index (χ3v) is 5.00. The number of hydrogen-bond donors (Lipinski definition) is 2. The Labute approximate surface area is 165 Å². The molecular weight excluding hydrogens is 393 g/mol. The van der Waals surface area contributed by atoms with Crippen molar-refractivity contribution in [2.45, 2.75) is 24.4 Å². The summed E-state index contributed by atoms with van der Waals surface area (Å²) in [6.45, 7) is 0.392. The molecule has 0 heterocycles. The summed E-state index contributed by atoms with van der Waals surface area (Å²) >= 11 is 5.88. The molecule has 1 aliphatic carbocycles. The third-order valence-electron chi connectivity index (χ3n) is 4.75. The number of amides is 2. The Morgan fingerprint density at radius 2 is 1.50 bits per heavy atom. The number of carbonyl (C=O) groups is 2. The molecule has 3 rings (SSSR count). The molecule has 0 spiro atoms. The lowest BCUT2D eigenvalue weighted by Crippen LogP contribution is -2.39. The second kappa shape index (κ2) is 7.83. The smallest absolute Gasteiger partial charge is 0.354 e. The van der Waals surface area contributed by atoms with Gasteiger partial charge in [0.25, 0.3) is 5.91 Å². The molecule has 1 saturated carbocycles. The highest BCUT2D eigenvalue weighted by atomic mass is 35.5. The van der Waals surface area contributed by atoms with Gasteiger partial charge < -0.3 is 10.6 Å². The number of rotatable bonds is 6. The van der Waals surface area contributed by atoms with Crippen molar-refractivity contribution in [1.82, 2.24) is 10.6 Å². The lowest BCUT2D eigenvalue weighted by atomic mass is 9.95. The van der Waals surface area contributed by atoms with Crippen LogP contribution in [0.1, 0.15) is 34.3 Å². The van der Waals surface area contributed by atoms with Gasteiger partial charge in [-0.2, -0.15) is 13.2 Å². The van der Waals surface area contributed by atoms with Crippen molar-refractivity contribution < 1.29 is 22.8 Å². The molecule has 28 heavy (non-hydrogen) atoms. The Bertz CT molecular complexity index is 861. The lowest BCUT2D eigenvalue weighted by molar-refractivity contribution is -0.137. The van der Waals surface area contributed by atoms with Crippen LogP contribution in [0, 0.1) is 0 Å². The van der Waals surface area contributed by atoms with Gasteiger partial charge in [0.2, 0.25) is 5.91 Å². The second-order valence-electron chi connectivity index (χ2n) is 6.68. The van der Waals surface area contributed by atoms with Gasteiger partial charge in [-0.3, -0.25) is 9.59 Å². The van der Waals surface area contributed by atoms with E-state index in [1.54, 1.807) is 12.1 Å². The van der Waals surface area contributed by atoms with Crippen LogP contribution in [0.2, 0.25) is 5.02 Å². The predicted molar refractivity (Wildman–Crippen MR) is 99.2 cm³/mol. The summed E-state index contributed by atoms with van der Waals surface area (Å²) in [5.41, 5.74) is -0.322. The fourth-order valence-corrected chi connectivity index (χ4v) is 3.10. The number of alkyl halides is 3. The Kier molecular flexibility index (Phi) is 5.65. The summed E-state index contributed by atoms with van der Waals surface area (Å²) in [6, 6.07) is 11.1. The highest BCUT2D eigenvalue weighted by Crippen LogP contribution is 2.48. The molecule has 0 aliphatic heterocycles. The largest absolute Gasteiger partial charge is 0.416 e. The molecule has 0 saturated heterocycles. The molecule has 4 nitrogen and oxygen atoms in total. The number of carbonyl (C=O) groups excluding carboxylic acids is 2. The van der Waals surface area contributed by atoms with Gasteiger partial charge in [0.05, 0.1) is 11.0 Å². The molecule has 2 aromatic carbocycles. The zero-order valence-corrected chi connectivity index (χ0v) is 15.5. The monoisotopic (exact) mass is 410 g/mol. The van der Waals surface area contributed by atoms with Crippen molar-refractivity contribution >= 4 is 23.4 Å². The Hall–Kier alpha value is -2.54. The molecular formula is C20H18ClF3N2O2. The minimum absolute atomic E-state index is 0.112. The minimum atomic E-state index is -4.44. The molecule has 0 radical (unpaired) electrons. The quantitative estimate of drug-likeness (QED) is 0.709. The second-order valence-corrected chi connectivity index (χ2v) is 7.11. The molecule has 2 amide bonds. The van der Waals surface area contributed by atoms with Gasteiger partial charge in [-0.15, -0.1) is 0 Å². The van der Waals surface area contributed by atoms with Gasteiger partial charge in [-0.05, 0) is 54.8 Å². The van der Waals surface area contributed by atoms with E-state index in [1.807, 2.05) is 12.1 Å². The molecule has 148 valence electrons. The van der Waals surface area contributed by atoms with Gasteiger partial charge in [-0.1, -0.05) is 23.7 Å². The van der Waals surface area contributed by atoms with Gasteiger partial charge >= 0.3 is 6.18 Å².